The van der Waals surface area contributed by atoms with Crippen LogP contribution in [0.15, 0.2) is 41.5 Å². The summed E-state index contributed by atoms with van der Waals surface area (Å²) in [6, 6.07) is 9.98. The Labute approximate surface area is 197 Å². The number of cyclic esters (lactones) is 1. The largest absolute Gasteiger partial charge is 0.496 e. The fourth-order valence-corrected chi connectivity index (χ4v) is 3.80. The third kappa shape index (κ3) is 5.45. The van der Waals surface area contributed by atoms with Crippen molar-refractivity contribution in [2.75, 3.05) is 51.4 Å². The van der Waals surface area contributed by atoms with Gasteiger partial charge in [0.2, 0.25) is 5.91 Å². The Morgan fingerprint density at radius 3 is 2.76 bits per heavy atom. The number of ether oxygens (including phenoxy) is 3. The van der Waals surface area contributed by atoms with E-state index in [0.29, 0.717) is 35.8 Å². The number of nitrogens with one attached hydrogen (secondary N) is 1. The van der Waals surface area contributed by atoms with Gasteiger partial charge in [-0.1, -0.05) is 6.07 Å². The summed E-state index contributed by atoms with van der Waals surface area (Å²) in [5.41, 5.74) is 2.18. The van der Waals surface area contributed by atoms with Gasteiger partial charge in [0.05, 0.1) is 58.4 Å². The van der Waals surface area contributed by atoms with Crippen LogP contribution in [0.3, 0.4) is 0 Å². The van der Waals surface area contributed by atoms with Gasteiger partial charge in [0.25, 0.3) is 0 Å². The van der Waals surface area contributed by atoms with Gasteiger partial charge in [-0.05, 0) is 35.9 Å². The van der Waals surface area contributed by atoms with Crippen LogP contribution in [0.5, 0.6) is 5.75 Å². The maximum atomic E-state index is 15.1. The molecule has 2 heterocycles. The van der Waals surface area contributed by atoms with Crippen LogP contribution in [-0.2, 0) is 14.3 Å². The molecule has 4 rings (SSSR count). The fourth-order valence-electron chi connectivity index (χ4n) is 3.80. The van der Waals surface area contributed by atoms with E-state index in [1.807, 2.05) is 11.1 Å². The van der Waals surface area contributed by atoms with E-state index < -0.39 is 18.0 Å². The van der Waals surface area contributed by atoms with E-state index >= 15 is 4.39 Å². The molecule has 180 valence electrons. The fraction of sp³-hybridized carbons (Fsp3) is 0.375. The summed E-state index contributed by atoms with van der Waals surface area (Å²) in [4.78, 5) is 24.7. The summed E-state index contributed by atoms with van der Waals surface area (Å²) in [7, 11) is 1.56. The second-order valence-electron chi connectivity index (χ2n) is 7.98. The number of morpholine rings is 1. The number of nitrogens with zero attached hydrogens (tertiary/aromatic N) is 3. The average molecular weight is 471 g/mol. The number of hydrazone groups is 1. The van der Waals surface area contributed by atoms with Crippen molar-refractivity contribution in [1.29, 1.82) is 0 Å². The van der Waals surface area contributed by atoms with E-state index in [-0.39, 0.29) is 19.0 Å². The average Bonchev–Trinajstić information content (AvgIpc) is 3.22. The van der Waals surface area contributed by atoms with E-state index in [2.05, 4.69) is 10.4 Å². The zero-order valence-corrected chi connectivity index (χ0v) is 19.1. The number of hydrogen-bond donors (Lipinski definition) is 1. The minimum absolute atomic E-state index is 0.207. The molecule has 2 aliphatic rings. The van der Waals surface area contributed by atoms with Crippen molar-refractivity contribution < 1.29 is 28.2 Å². The van der Waals surface area contributed by atoms with Crippen LogP contribution in [0.2, 0.25) is 0 Å². The molecule has 2 aromatic rings. The molecule has 0 bridgehead atoms. The van der Waals surface area contributed by atoms with Gasteiger partial charge in [-0.25, -0.2) is 9.18 Å². The highest BCUT2D eigenvalue weighted by Crippen LogP contribution is 2.32. The molecule has 0 saturated carbocycles. The standard InChI is InChI=1S/C24H27FN4O5/c1-16(30)26-14-20-15-29(24(31)34-20)19-5-6-21(22(25)12-19)17-3-4-18(23(11-17)32-2)13-27-28-7-9-33-10-8-28/h3-6,11-13,20H,7-10,14-15H2,1-2H3,(H,26,30)/t20-/m0/s1. The van der Waals surface area contributed by atoms with E-state index in [0.717, 1.165) is 18.7 Å². The van der Waals surface area contributed by atoms with Crippen molar-refractivity contribution in [2.45, 2.75) is 13.0 Å². The first-order valence-corrected chi connectivity index (χ1v) is 11.0. The molecule has 0 spiro atoms. The highest BCUT2D eigenvalue weighted by molar-refractivity contribution is 5.90. The SMILES string of the molecule is COc1cc(-c2ccc(N3C[C@H](CNC(C)=O)OC3=O)cc2F)ccc1C=NN1CCOCC1. The third-order valence-corrected chi connectivity index (χ3v) is 5.61. The van der Waals surface area contributed by atoms with Gasteiger partial charge in [0, 0.05) is 18.1 Å². The van der Waals surface area contributed by atoms with Crippen LogP contribution in [0.25, 0.3) is 11.1 Å². The van der Waals surface area contributed by atoms with Crippen molar-refractivity contribution in [2.24, 2.45) is 5.10 Å². The zero-order chi connectivity index (χ0) is 24.1. The molecular formula is C24H27FN4O5. The molecule has 2 aromatic carbocycles. The smallest absolute Gasteiger partial charge is 0.414 e. The molecule has 1 N–H and O–H groups in total. The van der Waals surface area contributed by atoms with Gasteiger partial charge in [-0.15, -0.1) is 0 Å². The highest BCUT2D eigenvalue weighted by Gasteiger charge is 2.32. The van der Waals surface area contributed by atoms with Crippen LogP contribution in [0, 0.1) is 5.82 Å². The Bertz CT molecular complexity index is 1090. The Kier molecular flexibility index (Phi) is 7.27. The number of carbonyl (C=O) groups excluding carboxylic acids is 2. The Balaban J connectivity index is 1.49. The molecule has 2 aliphatic heterocycles. The molecule has 0 radical (unpaired) electrons. The van der Waals surface area contributed by atoms with Gasteiger partial charge in [0.15, 0.2) is 0 Å². The molecular weight excluding hydrogens is 443 g/mol. The first kappa shape index (κ1) is 23.5. The van der Waals surface area contributed by atoms with E-state index in [1.165, 1.54) is 17.9 Å². The second kappa shape index (κ2) is 10.5. The van der Waals surface area contributed by atoms with E-state index in [9.17, 15) is 9.59 Å². The number of carbonyl (C=O) groups is 2. The third-order valence-electron chi connectivity index (χ3n) is 5.61. The number of amides is 2. The topological polar surface area (TPSA) is 92.7 Å². The Morgan fingerprint density at radius 2 is 2.06 bits per heavy atom. The number of hydrogen-bond acceptors (Lipinski definition) is 7. The number of benzene rings is 2. The van der Waals surface area contributed by atoms with Gasteiger partial charge in [-0.3, -0.25) is 14.7 Å². The van der Waals surface area contributed by atoms with Gasteiger partial charge in [0.1, 0.15) is 17.7 Å². The molecule has 0 aliphatic carbocycles. The Hall–Kier alpha value is -3.66. The molecule has 10 heteroatoms. The summed E-state index contributed by atoms with van der Waals surface area (Å²) in [6.45, 7) is 4.57. The number of anilines is 1. The molecule has 0 aromatic heterocycles. The lowest BCUT2D eigenvalue weighted by molar-refractivity contribution is -0.119. The van der Waals surface area contributed by atoms with Gasteiger partial charge >= 0.3 is 6.09 Å². The minimum Gasteiger partial charge on any atom is -0.496 e. The minimum atomic E-state index is -0.576. The summed E-state index contributed by atoms with van der Waals surface area (Å²) in [6.07, 6.45) is 0.659. The van der Waals surface area contributed by atoms with E-state index in [1.54, 1.807) is 37.6 Å². The molecule has 9 nitrogen and oxygen atoms in total. The van der Waals surface area contributed by atoms with Crippen LogP contribution < -0.4 is 15.0 Å². The predicted octanol–water partition coefficient (Wildman–Crippen LogP) is 2.63. The number of rotatable bonds is 7. The van der Waals surface area contributed by atoms with Gasteiger partial charge < -0.3 is 19.5 Å². The molecule has 2 fully saturated rings. The summed E-state index contributed by atoms with van der Waals surface area (Å²) < 4.78 is 31.2. The lowest BCUT2D eigenvalue weighted by atomic mass is 10.0. The predicted molar refractivity (Wildman–Crippen MR) is 125 cm³/mol. The lowest BCUT2D eigenvalue weighted by Crippen LogP contribution is -2.33. The summed E-state index contributed by atoms with van der Waals surface area (Å²) >= 11 is 0. The summed E-state index contributed by atoms with van der Waals surface area (Å²) in [5.74, 6) is -0.118. The molecule has 2 saturated heterocycles. The second-order valence-corrected chi connectivity index (χ2v) is 7.98. The molecule has 1 atom stereocenters. The van der Waals surface area contributed by atoms with Crippen molar-refractivity contribution in [1.82, 2.24) is 10.3 Å². The van der Waals surface area contributed by atoms with Crippen LogP contribution in [0.1, 0.15) is 12.5 Å². The first-order valence-electron chi connectivity index (χ1n) is 11.0. The van der Waals surface area contributed by atoms with Gasteiger partial charge in [-0.2, -0.15) is 5.10 Å². The maximum Gasteiger partial charge on any atom is 0.414 e. The molecule has 34 heavy (non-hydrogen) atoms. The summed E-state index contributed by atoms with van der Waals surface area (Å²) in [5, 5.41) is 9.02. The lowest BCUT2D eigenvalue weighted by Gasteiger charge is -2.23. The Morgan fingerprint density at radius 1 is 1.26 bits per heavy atom. The number of methoxy groups -OCH3 is 1. The van der Waals surface area contributed by atoms with Crippen molar-refractivity contribution >= 4 is 23.9 Å². The van der Waals surface area contributed by atoms with Crippen LogP contribution in [0.4, 0.5) is 14.9 Å². The highest BCUT2D eigenvalue weighted by atomic mass is 19.1. The first-order chi connectivity index (χ1) is 16.4. The van der Waals surface area contributed by atoms with Crippen LogP contribution >= 0.6 is 0 Å². The van der Waals surface area contributed by atoms with Crippen molar-refractivity contribution in [3.63, 3.8) is 0 Å². The van der Waals surface area contributed by atoms with Crippen molar-refractivity contribution in [3.8, 4) is 16.9 Å². The normalized spacial score (nSPS) is 18.3. The number of halogens is 1. The molecule has 2 amide bonds. The zero-order valence-electron chi connectivity index (χ0n) is 19.1. The van der Waals surface area contributed by atoms with Crippen LogP contribution in [-0.4, -0.2) is 75.8 Å². The maximum absolute atomic E-state index is 15.1. The quantitative estimate of drug-likeness (QED) is 0.626. The van der Waals surface area contributed by atoms with Crippen molar-refractivity contribution in [3.05, 3.63) is 47.8 Å². The van der Waals surface area contributed by atoms with E-state index in [4.69, 9.17) is 14.2 Å². The molecule has 0 unspecified atom stereocenters. The monoisotopic (exact) mass is 470 g/mol.